The molecule has 6 heteroatoms. The van der Waals surface area contributed by atoms with Crippen LogP contribution in [0.15, 0.2) is 18.2 Å². The average Bonchev–Trinajstić information content (AvgIpc) is 2.07. The molecule has 1 N–H and O–H groups in total. The van der Waals surface area contributed by atoms with E-state index in [2.05, 4.69) is 0 Å². The zero-order chi connectivity index (χ0) is 10.8. The second-order valence-corrected chi connectivity index (χ2v) is 2.42. The van der Waals surface area contributed by atoms with Crippen LogP contribution < -0.4 is 5.32 Å². The second kappa shape index (κ2) is 3.65. The molecule has 0 fully saturated rings. The molecule has 0 aliphatic heterocycles. The Morgan fingerprint density at radius 3 is 2.43 bits per heavy atom. The smallest absolute Gasteiger partial charge is 0.315 e. The van der Waals surface area contributed by atoms with E-state index in [1.54, 1.807) is 5.32 Å². The summed E-state index contributed by atoms with van der Waals surface area (Å²) in [6.07, 6.45) is -3.47. The van der Waals surface area contributed by atoms with E-state index < -0.39 is 23.2 Å². The number of benzene rings is 1. The highest BCUT2D eigenvalue weighted by Crippen LogP contribution is 2.31. The molecule has 0 spiro atoms. The fraction of sp³-hybridized carbons (Fsp3) is 0.125. The maximum absolute atomic E-state index is 12.7. The highest BCUT2D eigenvalue weighted by molar-refractivity contribution is 5.72. The quantitative estimate of drug-likeness (QED) is 0.583. The van der Waals surface area contributed by atoms with E-state index in [1.807, 2.05) is 0 Å². The molecular weight excluding hydrogens is 202 g/mol. The summed E-state index contributed by atoms with van der Waals surface area (Å²) in [4.78, 5) is 9.80. The summed E-state index contributed by atoms with van der Waals surface area (Å²) in [7, 11) is 0. The van der Waals surface area contributed by atoms with Crippen LogP contribution in [0.2, 0.25) is 0 Å². The Balaban J connectivity index is 3.12. The summed E-state index contributed by atoms with van der Waals surface area (Å²) >= 11 is 0. The maximum atomic E-state index is 12.7. The first-order valence-corrected chi connectivity index (χ1v) is 3.45. The van der Waals surface area contributed by atoms with Crippen molar-refractivity contribution in [1.82, 2.24) is 0 Å². The lowest BCUT2D eigenvalue weighted by Crippen LogP contribution is -2.07. The molecule has 0 unspecified atom stereocenters. The van der Waals surface area contributed by atoms with Gasteiger partial charge in [-0.25, -0.2) is 4.39 Å². The van der Waals surface area contributed by atoms with Crippen LogP contribution in [-0.4, -0.2) is 6.41 Å². The van der Waals surface area contributed by atoms with Gasteiger partial charge >= 0.3 is 12.6 Å². The fourth-order valence-corrected chi connectivity index (χ4v) is 0.852. The number of alkyl halides is 3. The van der Waals surface area contributed by atoms with E-state index in [0.29, 0.717) is 18.2 Å². The number of amides is 1. The van der Waals surface area contributed by atoms with Crippen LogP contribution in [0, 0.1) is 5.82 Å². The third kappa shape index (κ3) is 2.21. The molecule has 1 radical (unpaired) electrons. The maximum Gasteiger partial charge on any atom is 0.416 e. The van der Waals surface area contributed by atoms with Crippen LogP contribution in [0.5, 0.6) is 0 Å². The van der Waals surface area contributed by atoms with Gasteiger partial charge < -0.3 is 5.32 Å². The van der Waals surface area contributed by atoms with E-state index >= 15 is 0 Å². The van der Waals surface area contributed by atoms with Gasteiger partial charge in [0.15, 0.2) is 0 Å². The largest absolute Gasteiger partial charge is 0.416 e. The predicted octanol–water partition coefficient (Wildman–Crippen LogP) is 2.32. The number of rotatable bonds is 2. The van der Waals surface area contributed by atoms with Gasteiger partial charge in [0.25, 0.3) is 0 Å². The Hall–Kier alpha value is -1.59. The van der Waals surface area contributed by atoms with Gasteiger partial charge in [-0.3, -0.25) is 4.79 Å². The third-order valence-corrected chi connectivity index (χ3v) is 1.48. The Bertz CT molecular complexity index is 348. The zero-order valence-corrected chi connectivity index (χ0v) is 6.65. The molecule has 0 saturated carbocycles. The summed E-state index contributed by atoms with van der Waals surface area (Å²) in [5.41, 5.74) is -1.58. The molecule has 1 amide bonds. The molecule has 75 valence electrons. The number of carbonyl (C=O) groups excluding carboxylic acids is 1. The predicted molar refractivity (Wildman–Crippen MR) is 40.7 cm³/mol. The molecule has 0 aliphatic rings. The molecule has 0 heterocycles. The topological polar surface area (TPSA) is 29.1 Å². The summed E-state index contributed by atoms with van der Waals surface area (Å²) in [6.45, 7) is 0. The van der Waals surface area contributed by atoms with Gasteiger partial charge in [-0.15, -0.1) is 0 Å². The van der Waals surface area contributed by atoms with Gasteiger partial charge in [0.1, 0.15) is 5.82 Å². The number of hydrogen-bond acceptors (Lipinski definition) is 1. The molecule has 2 nitrogen and oxygen atoms in total. The van der Waals surface area contributed by atoms with Crippen molar-refractivity contribution in [3.8, 4) is 0 Å². The van der Waals surface area contributed by atoms with Crippen molar-refractivity contribution in [1.29, 1.82) is 0 Å². The van der Waals surface area contributed by atoms with E-state index in [4.69, 9.17) is 0 Å². The van der Waals surface area contributed by atoms with Crippen LogP contribution in [-0.2, 0) is 11.0 Å². The van der Waals surface area contributed by atoms with Crippen molar-refractivity contribution in [2.24, 2.45) is 0 Å². The van der Waals surface area contributed by atoms with Gasteiger partial charge in [0.05, 0.1) is 11.3 Å². The van der Waals surface area contributed by atoms with Gasteiger partial charge in [0, 0.05) is 0 Å². The van der Waals surface area contributed by atoms with Crippen molar-refractivity contribution in [3.05, 3.63) is 29.6 Å². The molecular formula is C8H4F4NO. The summed E-state index contributed by atoms with van der Waals surface area (Å²) in [5.74, 6) is -0.943. The van der Waals surface area contributed by atoms with E-state index in [1.165, 1.54) is 0 Å². The molecule has 0 atom stereocenters. The molecule has 14 heavy (non-hydrogen) atoms. The number of hydrogen-bond donors (Lipinski definition) is 1. The highest BCUT2D eigenvalue weighted by Gasteiger charge is 2.31. The van der Waals surface area contributed by atoms with Crippen LogP contribution in [0.1, 0.15) is 5.56 Å². The average molecular weight is 206 g/mol. The minimum Gasteiger partial charge on any atom is -0.315 e. The number of nitrogens with one attached hydrogen (secondary N) is 1. The van der Waals surface area contributed by atoms with Crippen LogP contribution in [0.3, 0.4) is 0 Å². The Morgan fingerprint density at radius 2 is 1.93 bits per heavy atom. The van der Waals surface area contributed by atoms with Crippen LogP contribution in [0.25, 0.3) is 0 Å². The van der Waals surface area contributed by atoms with Crippen molar-refractivity contribution in [2.75, 3.05) is 5.32 Å². The summed E-state index contributed by atoms with van der Waals surface area (Å²) in [5, 5.41) is 1.71. The highest BCUT2D eigenvalue weighted by atomic mass is 19.4. The molecule has 1 aromatic rings. The molecule has 0 saturated heterocycles. The zero-order valence-electron chi connectivity index (χ0n) is 6.65. The lowest BCUT2D eigenvalue weighted by atomic mass is 10.2. The van der Waals surface area contributed by atoms with Crippen molar-refractivity contribution >= 4 is 12.1 Å². The van der Waals surface area contributed by atoms with Gasteiger partial charge in [-0.05, 0) is 18.2 Å². The Kier molecular flexibility index (Phi) is 2.73. The molecule has 0 aliphatic carbocycles. The first-order chi connectivity index (χ1) is 6.45. The molecule has 1 rings (SSSR count). The van der Waals surface area contributed by atoms with Gasteiger partial charge in [0.2, 0.25) is 0 Å². The monoisotopic (exact) mass is 206 g/mol. The normalized spacial score (nSPS) is 11.1. The SMILES string of the molecule is O=[C]Nc1cc(C(F)(F)F)ccc1F. The lowest BCUT2D eigenvalue weighted by molar-refractivity contribution is -0.137. The second-order valence-electron chi connectivity index (χ2n) is 2.42. The summed E-state index contributed by atoms with van der Waals surface area (Å²) < 4.78 is 49.0. The first kappa shape index (κ1) is 10.5. The molecule has 0 bridgehead atoms. The van der Waals surface area contributed by atoms with Gasteiger partial charge in [-0.2, -0.15) is 13.2 Å². The van der Waals surface area contributed by atoms with Crippen molar-refractivity contribution in [3.63, 3.8) is 0 Å². The standard InChI is InChI=1S/C8H4F4NO/c9-6-2-1-5(8(10,11)12)3-7(6)13-4-14/h1-3H,(H,13,14). The Morgan fingerprint density at radius 1 is 1.29 bits per heavy atom. The minimum atomic E-state index is -4.56. The van der Waals surface area contributed by atoms with E-state index in [-0.39, 0.29) is 0 Å². The van der Waals surface area contributed by atoms with Crippen molar-refractivity contribution < 1.29 is 22.4 Å². The van der Waals surface area contributed by atoms with Gasteiger partial charge in [-0.1, -0.05) is 0 Å². The first-order valence-electron chi connectivity index (χ1n) is 3.45. The molecule has 1 aromatic carbocycles. The third-order valence-electron chi connectivity index (χ3n) is 1.48. The Labute approximate surface area is 76.5 Å². The molecule has 0 aromatic heterocycles. The fourth-order valence-electron chi connectivity index (χ4n) is 0.852. The lowest BCUT2D eigenvalue weighted by Gasteiger charge is -2.08. The van der Waals surface area contributed by atoms with E-state index in [9.17, 15) is 22.4 Å². The van der Waals surface area contributed by atoms with Crippen LogP contribution in [0.4, 0.5) is 23.2 Å². The minimum absolute atomic E-state index is 0.500. The van der Waals surface area contributed by atoms with E-state index in [0.717, 1.165) is 6.41 Å². The summed E-state index contributed by atoms with van der Waals surface area (Å²) in [6, 6.07) is 1.72. The van der Waals surface area contributed by atoms with Crippen LogP contribution >= 0.6 is 0 Å². The number of anilines is 1. The number of halogens is 4. The van der Waals surface area contributed by atoms with Crippen molar-refractivity contribution in [2.45, 2.75) is 6.18 Å².